The minimum atomic E-state index is -0.668. The number of hydrogen-bond donors (Lipinski definition) is 1. The Bertz CT molecular complexity index is 338. The molecule has 1 aromatic rings. The molecule has 0 aliphatic carbocycles. The van der Waals surface area contributed by atoms with Gasteiger partial charge >= 0.3 is 0 Å². The molecule has 0 amide bonds. The van der Waals surface area contributed by atoms with Gasteiger partial charge in [0, 0.05) is 6.07 Å². The fourth-order valence-corrected chi connectivity index (χ4v) is 1.19. The molecular weight excluding hydrogens is 194 g/mol. The first-order valence-corrected chi connectivity index (χ1v) is 4.02. The van der Waals surface area contributed by atoms with Crippen LogP contribution in [0.3, 0.4) is 0 Å². The Morgan fingerprint density at radius 3 is 2.62 bits per heavy atom. The monoisotopic (exact) mass is 201 g/mol. The van der Waals surface area contributed by atoms with Crippen molar-refractivity contribution in [1.82, 2.24) is 0 Å². The van der Waals surface area contributed by atoms with E-state index in [1.54, 1.807) is 6.92 Å². The average molecular weight is 202 g/mol. The van der Waals surface area contributed by atoms with Crippen LogP contribution in [0.5, 0.6) is 0 Å². The molecule has 0 aromatic heterocycles. The highest BCUT2D eigenvalue weighted by Crippen LogP contribution is 2.27. The number of halogens is 1. The van der Waals surface area contributed by atoms with Gasteiger partial charge in [-0.2, -0.15) is 0 Å². The molecule has 13 heavy (non-hydrogen) atoms. The molecule has 0 aliphatic heterocycles. The lowest BCUT2D eigenvalue weighted by molar-refractivity contribution is -0.384. The summed E-state index contributed by atoms with van der Waals surface area (Å²) < 4.78 is 0. The summed E-state index contributed by atoms with van der Waals surface area (Å²) in [7, 11) is 0. The zero-order valence-corrected chi connectivity index (χ0v) is 7.65. The molecule has 0 spiro atoms. The van der Waals surface area contributed by atoms with E-state index in [0.29, 0.717) is 5.56 Å². The van der Waals surface area contributed by atoms with Crippen molar-refractivity contribution in [3.05, 3.63) is 38.9 Å². The van der Waals surface area contributed by atoms with Crippen LogP contribution in [0, 0.1) is 10.1 Å². The van der Waals surface area contributed by atoms with Crippen molar-refractivity contribution in [2.24, 2.45) is 0 Å². The largest absolute Gasteiger partial charge is 0.389 e. The fraction of sp³-hybridized carbons (Fsp3) is 0.250. The average Bonchev–Trinajstić information content (AvgIpc) is 2.03. The third-order valence-electron chi connectivity index (χ3n) is 1.65. The van der Waals surface area contributed by atoms with Gasteiger partial charge in [-0.3, -0.25) is 10.1 Å². The molecule has 1 aromatic carbocycles. The molecule has 0 heterocycles. The summed E-state index contributed by atoms with van der Waals surface area (Å²) in [5, 5.41) is 19.6. The number of nitrogens with zero attached hydrogens (tertiary/aromatic N) is 1. The molecule has 5 heteroatoms. The highest BCUT2D eigenvalue weighted by molar-refractivity contribution is 6.32. The third-order valence-corrected chi connectivity index (χ3v) is 1.95. The number of rotatable bonds is 2. The number of hydrogen-bond acceptors (Lipinski definition) is 3. The molecule has 0 saturated carbocycles. The second kappa shape index (κ2) is 3.72. The van der Waals surface area contributed by atoms with Crippen LogP contribution in [-0.4, -0.2) is 10.0 Å². The Morgan fingerprint density at radius 1 is 1.62 bits per heavy atom. The van der Waals surface area contributed by atoms with Gasteiger partial charge in [0.05, 0.1) is 11.0 Å². The Hall–Kier alpha value is -1.13. The lowest BCUT2D eigenvalue weighted by Gasteiger charge is -2.04. The van der Waals surface area contributed by atoms with Gasteiger partial charge in [-0.05, 0) is 24.6 Å². The Morgan fingerprint density at radius 2 is 2.23 bits per heavy atom. The van der Waals surface area contributed by atoms with Crippen LogP contribution >= 0.6 is 11.6 Å². The van der Waals surface area contributed by atoms with Crippen LogP contribution in [0.4, 0.5) is 5.69 Å². The van der Waals surface area contributed by atoms with Crippen molar-refractivity contribution in [2.75, 3.05) is 0 Å². The lowest BCUT2D eigenvalue weighted by Crippen LogP contribution is -1.93. The molecule has 0 radical (unpaired) electrons. The molecule has 1 atom stereocenters. The van der Waals surface area contributed by atoms with Gasteiger partial charge in [0.2, 0.25) is 0 Å². The van der Waals surface area contributed by atoms with Gasteiger partial charge in [-0.15, -0.1) is 0 Å². The summed E-state index contributed by atoms with van der Waals surface area (Å²) in [6.07, 6.45) is -0.668. The Labute approximate surface area is 79.9 Å². The van der Waals surface area contributed by atoms with Crippen LogP contribution in [0.25, 0.3) is 0 Å². The molecule has 0 saturated heterocycles. The topological polar surface area (TPSA) is 63.4 Å². The zero-order chi connectivity index (χ0) is 10.0. The maximum atomic E-state index is 10.4. The van der Waals surface area contributed by atoms with Gasteiger partial charge < -0.3 is 5.11 Å². The minimum Gasteiger partial charge on any atom is -0.389 e. The van der Waals surface area contributed by atoms with Crippen molar-refractivity contribution in [2.45, 2.75) is 13.0 Å². The van der Waals surface area contributed by atoms with Crippen LogP contribution < -0.4 is 0 Å². The van der Waals surface area contributed by atoms with Crippen molar-refractivity contribution in [1.29, 1.82) is 0 Å². The van der Waals surface area contributed by atoms with Crippen LogP contribution in [-0.2, 0) is 0 Å². The summed E-state index contributed by atoms with van der Waals surface area (Å²) in [6.45, 7) is 1.57. The van der Waals surface area contributed by atoms with Gasteiger partial charge in [0.1, 0.15) is 5.02 Å². The lowest BCUT2D eigenvalue weighted by atomic mass is 10.1. The summed E-state index contributed by atoms with van der Waals surface area (Å²) in [6, 6.07) is 4.16. The van der Waals surface area contributed by atoms with Gasteiger partial charge in [-0.1, -0.05) is 11.6 Å². The Kier molecular flexibility index (Phi) is 2.85. The summed E-state index contributed by atoms with van der Waals surface area (Å²) in [5.41, 5.74) is 0.418. The Balaban J connectivity index is 3.13. The summed E-state index contributed by atoms with van der Waals surface area (Å²) in [5.74, 6) is 0. The molecule has 0 bridgehead atoms. The highest BCUT2D eigenvalue weighted by Gasteiger charge is 2.13. The second-order valence-corrected chi connectivity index (χ2v) is 3.05. The van der Waals surface area contributed by atoms with E-state index in [2.05, 4.69) is 0 Å². The SMILES string of the molecule is C[C@H](O)c1ccc([N+](=O)[O-])c(Cl)c1. The van der Waals surface area contributed by atoms with E-state index in [1.807, 2.05) is 0 Å². The fourth-order valence-electron chi connectivity index (χ4n) is 0.931. The van der Waals surface area contributed by atoms with E-state index >= 15 is 0 Å². The number of nitro groups is 1. The van der Waals surface area contributed by atoms with E-state index in [1.165, 1.54) is 18.2 Å². The number of benzene rings is 1. The van der Waals surface area contributed by atoms with Crippen LogP contribution in [0.2, 0.25) is 5.02 Å². The van der Waals surface area contributed by atoms with Crippen LogP contribution in [0.15, 0.2) is 18.2 Å². The molecule has 1 rings (SSSR count). The first-order valence-electron chi connectivity index (χ1n) is 3.64. The van der Waals surface area contributed by atoms with E-state index < -0.39 is 11.0 Å². The molecule has 1 N–H and O–H groups in total. The second-order valence-electron chi connectivity index (χ2n) is 2.64. The first-order chi connectivity index (χ1) is 6.02. The van der Waals surface area contributed by atoms with Gasteiger partial charge in [-0.25, -0.2) is 0 Å². The van der Waals surface area contributed by atoms with E-state index in [9.17, 15) is 10.1 Å². The first kappa shape index (κ1) is 9.95. The summed E-state index contributed by atoms with van der Waals surface area (Å²) >= 11 is 5.62. The molecule has 4 nitrogen and oxygen atoms in total. The zero-order valence-electron chi connectivity index (χ0n) is 6.90. The molecule has 70 valence electrons. The van der Waals surface area contributed by atoms with E-state index in [4.69, 9.17) is 16.7 Å². The van der Waals surface area contributed by atoms with E-state index in [-0.39, 0.29) is 10.7 Å². The van der Waals surface area contributed by atoms with Crippen LogP contribution in [0.1, 0.15) is 18.6 Å². The van der Waals surface area contributed by atoms with Gasteiger partial charge in [0.15, 0.2) is 0 Å². The van der Waals surface area contributed by atoms with E-state index in [0.717, 1.165) is 0 Å². The highest BCUT2D eigenvalue weighted by atomic mass is 35.5. The molecular formula is C8H8ClNO3. The number of nitro benzene ring substituents is 1. The van der Waals surface area contributed by atoms with Crippen molar-refractivity contribution >= 4 is 17.3 Å². The maximum absolute atomic E-state index is 10.4. The minimum absolute atomic E-state index is 0.0448. The molecule has 0 aliphatic rings. The predicted molar refractivity (Wildman–Crippen MR) is 48.7 cm³/mol. The number of aliphatic hydroxyl groups excluding tert-OH is 1. The smallest absolute Gasteiger partial charge is 0.287 e. The molecule has 0 fully saturated rings. The standard InChI is InChI=1S/C8H8ClNO3/c1-5(11)6-2-3-8(10(12)13)7(9)4-6/h2-5,11H,1H3/t5-/m0/s1. The normalized spacial score (nSPS) is 12.5. The summed E-state index contributed by atoms with van der Waals surface area (Å²) in [4.78, 5) is 9.80. The van der Waals surface area contributed by atoms with Gasteiger partial charge in [0.25, 0.3) is 5.69 Å². The van der Waals surface area contributed by atoms with Crippen molar-refractivity contribution in [3.8, 4) is 0 Å². The number of aliphatic hydroxyl groups is 1. The van der Waals surface area contributed by atoms with Crippen molar-refractivity contribution in [3.63, 3.8) is 0 Å². The third kappa shape index (κ3) is 2.17. The molecule has 0 unspecified atom stereocenters. The quantitative estimate of drug-likeness (QED) is 0.590. The predicted octanol–water partition coefficient (Wildman–Crippen LogP) is 2.30. The van der Waals surface area contributed by atoms with Crippen molar-refractivity contribution < 1.29 is 10.0 Å². The maximum Gasteiger partial charge on any atom is 0.287 e.